The zero-order chi connectivity index (χ0) is 25.3. The summed E-state index contributed by atoms with van der Waals surface area (Å²) in [6.45, 7) is 1.25. The van der Waals surface area contributed by atoms with E-state index < -0.39 is 22.1 Å². The van der Waals surface area contributed by atoms with Gasteiger partial charge in [0.25, 0.3) is 0 Å². The molecular formula is C23H19N5O7. The van der Waals surface area contributed by atoms with Crippen LogP contribution in [-0.2, 0) is 4.79 Å². The average Bonchev–Trinajstić information content (AvgIpc) is 2.82. The zero-order valence-electron chi connectivity index (χ0n) is 18.2. The molecule has 2 atom stereocenters. The monoisotopic (exact) mass is 477 g/mol. The number of fused-ring (bicyclic) bond motifs is 2. The molecule has 3 aromatic rings. The van der Waals surface area contributed by atoms with Crippen LogP contribution in [0.15, 0.2) is 59.7 Å². The third kappa shape index (κ3) is 4.56. The molecule has 0 spiro atoms. The molecule has 0 aromatic heterocycles. The van der Waals surface area contributed by atoms with Crippen molar-refractivity contribution in [3.05, 3.63) is 92.8 Å². The number of hydrogen-bond acceptors (Lipinski definition) is 9. The first kappa shape index (κ1) is 23.8. The number of carbonyl (C=O) groups excluding carboxylic acids is 3. The standard InChI is InChI=1S/C23H19N5O7/c1-12(29)25-21-13(11-24-26-18-9-7-14(27(32)33)10-19(18)28(34)35)6-8-17-20(21)23(31)16-5-3-2-4-15(16)22(17)30/h2-11,26-28,32,34H,1H3,(H,25,29). The van der Waals surface area contributed by atoms with Crippen LogP contribution in [0.5, 0.6) is 0 Å². The Morgan fingerprint density at radius 2 is 1.63 bits per heavy atom. The molecule has 12 heteroatoms. The quantitative estimate of drug-likeness (QED) is 0.173. The van der Waals surface area contributed by atoms with E-state index in [2.05, 4.69) is 15.8 Å². The minimum absolute atomic E-state index is 0.0259. The van der Waals surface area contributed by atoms with Gasteiger partial charge in [-0.05, 0) is 12.1 Å². The van der Waals surface area contributed by atoms with Gasteiger partial charge in [-0.15, -0.1) is 0 Å². The predicted molar refractivity (Wildman–Crippen MR) is 123 cm³/mol. The van der Waals surface area contributed by atoms with Crippen molar-refractivity contribution in [3.8, 4) is 0 Å². The number of ketones is 2. The second kappa shape index (κ2) is 9.52. The molecule has 0 bridgehead atoms. The van der Waals surface area contributed by atoms with Crippen LogP contribution in [0, 0.1) is 10.4 Å². The molecule has 6 N–H and O–H groups in total. The molecule has 35 heavy (non-hydrogen) atoms. The molecule has 0 aliphatic heterocycles. The van der Waals surface area contributed by atoms with Gasteiger partial charge < -0.3 is 15.7 Å². The van der Waals surface area contributed by atoms with Crippen molar-refractivity contribution in [2.45, 2.75) is 6.92 Å². The topological polar surface area (TPSA) is 183 Å². The second-order valence-corrected chi connectivity index (χ2v) is 7.58. The second-order valence-electron chi connectivity index (χ2n) is 7.58. The lowest BCUT2D eigenvalue weighted by Gasteiger charge is -2.21. The molecule has 1 amide bonds. The third-order valence-electron chi connectivity index (χ3n) is 5.31. The van der Waals surface area contributed by atoms with Crippen molar-refractivity contribution in [1.29, 1.82) is 0 Å². The summed E-state index contributed by atoms with van der Waals surface area (Å²) in [5.74, 6) is -1.26. The van der Waals surface area contributed by atoms with Gasteiger partial charge in [-0.2, -0.15) is 15.6 Å². The number of benzene rings is 3. The molecule has 0 radical (unpaired) electrons. The molecule has 0 saturated heterocycles. The lowest BCUT2D eigenvalue weighted by molar-refractivity contribution is -0.996. The number of anilines is 2. The fourth-order valence-corrected chi connectivity index (χ4v) is 3.74. The minimum atomic E-state index is -1.36. The summed E-state index contributed by atoms with van der Waals surface area (Å²) < 4.78 is 0. The Morgan fingerprint density at radius 1 is 0.943 bits per heavy atom. The van der Waals surface area contributed by atoms with Crippen molar-refractivity contribution in [2.24, 2.45) is 5.10 Å². The first-order valence-electron chi connectivity index (χ1n) is 10.2. The molecule has 0 heterocycles. The summed E-state index contributed by atoms with van der Waals surface area (Å²) in [5.41, 5.74) is 3.08. The van der Waals surface area contributed by atoms with Crippen molar-refractivity contribution in [3.63, 3.8) is 0 Å². The number of carbonyl (C=O) groups is 3. The van der Waals surface area contributed by atoms with E-state index in [1.54, 1.807) is 18.2 Å². The van der Waals surface area contributed by atoms with E-state index in [0.717, 1.165) is 6.07 Å². The SMILES string of the molecule is CC(=O)Nc1c(C=NNc2ccc([NH+]([O-])O)cc2[NH+]([O-])O)ccc2c1C(=O)c1ccccc1C2=O. The zero-order valence-corrected chi connectivity index (χ0v) is 18.2. The highest BCUT2D eigenvalue weighted by atomic mass is 16.8. The summed E-state index contributed by atoms with van der Waals surface area (Å²) in [7, 11) is 0. The summed E-state index contributed by atoms with van der Waals surface area (Å²) in [6, 6.07) is 12.8. The molecule has 1 aliphatic carbocycles. The molecule has 178 valence electrons. The van der Waals surface area contributed by atoms with E-state index in [4.69, 9.17) is 5.21 Å². The first-order valence-corrected chi connectivity index (χ1v) is 10.2. The van der Waals surface area contributed by atoms with Crippen LogP contribution in [0.25, 0.3) is 0 Å². The fourth-order valence-electron chi connectivity index (χ4n) is 3.74. The highest BCUT2D eigenvalue weighted by molar-refractivity contribution is 6.31. The number of rotatable bonds is 6. The van der Waals surface area contributed by atoms with Gasteiger partial charge in [0.1, 0.15) is 5.69 Å². The Hall–Kier alpha value is -4.30. The van der Waals surface area contributed by atoms with Crippen LogP contribution >= 0.6 is 0 Å². The maximum atomic E-state index is 13.2. The van der Waals surface area contributed by atoms with E-state index in [0.29, 0.717) is 0 Å². The lowest BCUT2D eigenvalue weighted by Crippen LogP contribution is -3.00. The first-order chi connectivity index (χ1) is 16.7. The molecule has 2 unspecified atom stereocenters. The number of nitrogens with zero attached hydrogens (tertiary/aromatic N) is 1. The van der Waals surface area contributed by atoms with Crippen LogP contribution in [0.3, 0.4) is 0 Å². The Kier molecular flexibility index (Phi) is 6.48. The van der Waals surface area contributed by atoms with Gasteiger partial charge in [-0.25, -0.2) is 10.4 Å². The van der Waals surface area contributed by atoms with Gasteiger partial charge in [-0.3, -0.25) is 19.8 Å². The Bertz CT molecular complexity index is 1380. The molecule has 3 aromatic carbocycles. The van der Waals surface area contributed by atoms with Crippen LogP contribution < -0.4 is 21.2 Å². The Morgan fingerprint density at radius 3 is 2.26 bits per heavy atom. The smallest absolute Gasteiger partial charge is 0.221 e. The van der Waals surface area contributed by atoms with Gasteiger partial charge >= 0.3 is 0 Å². The van der Waals surface area contributed by atoms with Crippen molar-refractivity contribution < 1.29 is 35.3 Å². The summed E-state index contributed by atoms with van der Waals surface area (Å²) in [4.78, 5) is 38.1. The summed E-state index contributed by atoms with van der Waals surface area (Å²) in [6.07, 6.45) is 1.25. The van der Waals surface area contributed by atoms with Crippen molar-refractivity contribution in [2.75, 3.05) is 10.7 Å². The van der Waals surface area contributed by atoms with E-state index in [1.807, 2.05) is 0 Å². The Labute approximate surface area is 197 Å². The van der Waals surface area contributed by atoms with E-state index in [-0.39, 0.29) is 56.4 Å². The minimum Gasteiger partial charge on any atom is -0.595 e. The fraction of sp³-hybridized carbons (Fsp3) is 0.0435. The summed E-state index contributed by atoms with van der Waals surface area (Å²) in [5, 5.41) is 45.1. The normalized spacial score (nSPS) is 14.3. The van der Waals surface area contributed by atoms with Crippen LogP contribution in [0.1, 0.15) is 44.3 Å². The molecule has 4 rings (SSSR count). The molecular weight excluding hydrogens is 458 g/mol. The van der Waals surface area contributed by atoms with E-state index in [9.17, 15) is 30.0 Å². The Balaban J connectivity index is 1.73. The molecule has 0 fully saturated rings. The van der Waals surface area contributed by atoms with E-state index in [1.165, 1.54) is 43.5 Å². The van der Waals surface area contributed by atoms with Crippen molar-refractivity contribution in [1.82, 2.24) is 0 Å². The predicted octanol–water partition coefficient (Wildman–Crippen LogP) is 0.673. The van der Waals surface area contributed by atoms with E-state index >= 15 is 0 Å². The number of quaternary nitrogens is 2. The van der Waals surface area contributed by atoms with Crippen LogP contribution in [0.2, 0.25) is 0 Å². The third-order valence-corrected chi connectivity index (χ3v) is 5.31. The highest BCUT2D eigenvalue weighted by Crippen LogP contribution is 2.34. The molecule has 0 saturated carbocycles. The number of nitrogens with one attached hydrogen (secondary N) is 4. The highest BCUT2D eigenvalue weighted by Gasteiger charge is 2.32. The van der Waals surface area contributed by atoms with Gasteiger partial charge in [0.05, 0.1) is 23.5 Å². The maximum Gasteiger partial charge on any atom is 0.221 e. The van der Waals surface area contributed by atoms with Crippen LogP contribution in [0.4, 0.5) is 22.7 Å². The number of hydrogen-bond donors (Lipinski definition) is 6. The lowest BCUT2D eigenvalue weighted by atomic mass is 9.82. The van der Waals surface area contributed by atoms with Gasteiger partial charge in [0.2, 0.25) is 5.91 Å². The van der Waals surface area contributed by atoms with Gasteiger partial charge in [0, 0.05) is 35.2 Å². The maximum absolute atomic E-state index is 13.2. The largest absolute Gasteiger partial charge is 0.595 e. The average molecular weight is 477 g/mol. The molecule has 1 aliphatic rings. The van der Waals surface area contributed by atoms with Gasteiger partial charge in [-0.1, -0.05) is 30.3 Å². The van der Waals surface area contributed by atoms with Gasteiger partial charge in [0.15, 0.2) is 22.9 Å². The summed E-state index contributed by atoms with van der Waals surface area (Å²) >= 11 is 0. The van der Waals surface area contributed by atoms with Crippen LogP contribution in [-0.4, -0.2) is 34.1 Å². The van der Waals surface area contributed by atoms with Crippen molar-refractivity contribution >= 4 is 46.4 Å². The number of amides is 1. The number of hydrazone groups is 1. The molecule has 12 nitrogen and oxygen atoms in total.